The van der Waals surface area contributed by atoms with E-state index in [1.165, 1.54) is 11.3 Å². The molecule has 1 aliphatic rings. The van der Waals surface area contributed by atoms with Crippen LogP contribution in [-0.2, 0) is 4.74 Å². The lowest BCUT2D eigenvalue weighted by molar-refractivity contribution is 0.0299. The lowest BCUT2D eigenvalue weighted by atomic mass is 10.1. The molecule has 0 amide bonds. The van der Waals surface area contributed by atoms with Crippen molar-refractivity contribution in [2.45, 2.75) is 45.4 Å². The van der Waals surface area contributed by atoms with Crippen molar-refractivity contribution in [3.8, 4) is 0 Å². The molecule has 0 saturated carbocycles. The second-order valence-electron chi connectivity index (χ2n) is 5.24. The molecule has 2 rings (SSSR count). The molecule has 0 radical (unpaired) electrons. The zero-order valence-electron chi connectivity index (χ0n) is 11.6. The number of nitrogens with two attached hydrogens (primary N) is 1. The predicted molar refractivity (Wildman–Crippen MR) is 75.9 cm³/mol. The van der Waals surface area contributed by atoms with Crippen LogP contribution in [0.1, 0.15) is 38.8 Å². The van der Waals surface area contributed by atoms with Gasteiger partial charge in [-0.1, -0.05) is 19.1 Å². The molecule has 2 N–H and O–H groups in total. The Hall–Kier alpha value is -1.06. The summed E-state index contributed by atoms with van der Waals surface area (Å²) in [4.78, 5) is 2.46. The molecule has 100 valence electrons. The van der Waals surface area contributed by atoms with Gasteiger partial charge in [-0.25, -0.2) is 0 Å². The van der Waals surface area contributed by atoms with Crippen molar-refractivity contribution in [1.82, 2.24) is 0 Å². The topological polar surface area (TPSA) is 38.5 Å². The van der Waals surface area contributed by atoms with E-state index in [0.717, 1.165) is 19.6 Å². The Balaban J connectivity index is 2.17. The van der Waals surface area contributed by atoms with Gasteiger partial charge in [-0.3, -0.25) is 0 Å². The SMILES string of the molecule is CCC1COC(C)CN1c1ccc([C@H](C)N)cc1. The fraction of sp³-hybridized carbons (Fsp3) is 0.600. The molecule has 2 unspecified atom stereocenters. The molecular weight excluding hydrogens is 224 g/mol. The maximum absolute atomic E-state index is 5.88. The third-order valence-electron chi connectivity index (χ3n) is 3.69. The average molecular weight is 248 g/mol. The first-order valence-electron chi connectivity index (χ1n) is 6.85. The first-order chi connectivity index (χ1) is 8.61. The minimum Gasteiger partial charge on any atom is -0.375 e. The Kier molecular flexibility index (Phi) is 4.25. The maximum Gasteiger partial charge on any atom is 0.0723 e. The van der Waals surface area contributed by atoms with E-state index < -0.39 is 0 Å². The Morgan fingerprint density at radius 3 is 2.61 bits per heavy atom. The highest BCUT2D eigenvalue weighted by atomic mass is 16.5. The van der Waals surface area contributed by atoms with Gasteiger partial charge in [0.25, 0.3) is 0 Å². The van der Waals surface area contributed by atoms with Crippen molar-refractivity contribution in [2.75, 3.05) is 18.1 Å². The molecule has 1 aromatic carbocycles. The predicted octanol–water partition coefficient (Wildman–Crippen LogP) is 2.71. The van der Waals surface area contributed by atoms with E-state index >= 15 is 0 Å². The largest absolute Gasteiger partial charge is 0.375 e. The van der Waals surface area contributed by atoms with Gasteiger partial charge in [-0.05, 0) is 38.0 Å². The standard InChI is InChI=1S/C15H24N2O/c1-4-14-10-18-11(2)9-17(14)15-7-5-13(6-8-15)12(3)16/h5-8,11-12,14H,4,9-10,16H2,1-3H3/t11?,12-,14?/m0/s1. The summed E-state index contributed by atoms with van der Waals surface area (Å²) in [5.41, 5.74) is 8.35. The van der Waals surface area contributed by atoms with Crippen LogP contribution in [0.3, 0.4) is 0 Å². The number of hydrogen-bond acceptors (Lipinski definition) is 3. The van der Waals surface area contributed by atoms with Crippen LogP contribution in [0.25, 0.3) is 0 Å². The molecule has 1 fully saturated rings. The second kappa shape index (κ2) is 5.72. The Labute approximate surface area is 110 Å². The number of anilines is 1. The average Bonchev–Trinajstić information content (AvgIpc) is 2.39. The van der Waals surface area contributed by atoms with E-state index in [1.54, 1.807) is 0 Å². The molecule has 0 bridgehead atoms. The number of rotatable bonds is 3. The summed E-state index contributed by atoms with van der Waals surface area (Å²) in [5.74, 6) is 0. The highest BCUT2D eigenvalue weighted by molar-refractivity contribution is 5.49. The zero-order valence-corrected chi connectivity index (χ0v) is 11.6. The molecule has 18 heavy (non-hydrogen) atoms. The molecular formula is C15H24N2O. The summed E-state index contributed by atoms with van der Waals surface area (Å²) in [5, 5.41) is 0. The summed E-state index contributed by atoms with van der Waals surface area (Å²) >= 11 is 0. The summed E-state index contributed by atoms with van der Waals surface area (Å²) in [6, 6.07) is 9.21. The first-order valence-corrected chi connectivity index (χ1v) is 6.85. The molecule has 1 aliphatic heterocycles. The van der Waals surface area contributed by atoms with Gasteiger partial charge in [0.2, 0.25) is 0 Å². The summed E-state index contributed by atoms with van der Waals surface area (Å²) in [6.07, 6.45) is 1.42. The maximum atomic E-state index is 5.88. The van der Waals surface area contributed by atoms with Crippen molar-refractivity contribution in [3.05, 3.63) is 29.8 Å². The second-order valence-corrected chi connectivity index (χ2v) is 5.24. The lowest BCUT2D eigenvalue weighted by Gasteiger charge is -2.40. The molecule has 1 aromatic rings. The minimum atomic E-state index is 0.102. The summed E-state index contributed by atoms with van der Waals surface area (Å²) < 4.78 is 5.73. The molecule has 0 aromatic heterocycles. The lowest BCUT2D eigenvalue weighted by Crippen LogP contribution is -2.48. The summed E-state index contributed by atoms with van der Waals surface area (Å²) in [7, 11) is 0. The van der Waals surface area contributed by atoms with Gasteiger partial charge >= 0.3 is 0 Å². The molecule has 0 aliphatic carbocycles. The molecule has 1 heterocycles. The van der Waals surface area contributed by atoms with Gasteiger partial charge in [-0.15, -0.1) is 0 Å². The zero-order chi connectivity index (χ0) is 13.1. The van der Waals surface area contributed by atoms with E-state index in [4.69, 9.17) is 10.5 Å². The number of morpholine rings is 1. The fourth-order valence-electron chi connectivity index (χ4n) is 2.47. The van der Waals surface area contributed by atoms with Crippen molar-refractivity contribution in [1.29, 1.82) is 0 Å². The summed E-state index contributed by atoms with van der Waals surface area (Å²) in [6.45, 7) is 8.16. The van der Waals surface area contributed by atoms with Crippen LogP contribution in [0.2, 0.25) is 0 Å². The Morgan fingerprint density at radius 2 is 2.06 bits per heavy atom. The quantitative estimate of drug-likeness (QED) is 0.894. The number of hydrogen-bond donors (Lipinski definition) is 1. The van der Waals surface area contributed by atoms with E-state index in [0.29, 0.717) is 12.1 Å². The number of ether oxygens (including phenoxy) is 1. The monoisotopic (exact) mass is 248 g/mol. The molecule has 1 saturated heterocycles. The van der Waals surface area contributed by atoms with E-state index in [2.05, 4.69) is 43.0 Å². The number of benzene rings is 1. The van der Waals surface area contributed by atoms with Crippen molar-refractivity contribution >= 4 is 5.69 Å². The van der Waals surface area contributed by atoms with Crippen LogP contribution >= 0.6 is 0 Å². The third kappa shape index (κ3) is 2.85. The van der Waals surface area contributed by atoms with Crippen molar-refractivity contribution in [3.63, 3.8) is 0 Å². The van der Waals surface area contributed by atoms with Gasteiger partial charge < -0.3 is 15.4 Å². The van der Waals surface area contributed by atoms with Gasteiger partial charge in [0.15, 0.2) is 0 Å². The molecule has 3 atom stereocenters. The molecule has 0 spiro atoms. The minimum absolute atomic E-state index is 0.102. The van der Waals surface area contributed by atoms with Crippen LogP contribution in [0.5, 0.6) is 0 Å². The van der Waals surface area contributed by atoms with Crippen molar-refractivity contribution < 1.29 is 4.74 Å². The van der Waals surface area contributed by atoms with E-state index in [1.807, 2.05) is 6.92 Å². The fourth-order valence-corrected chi connectivity index (χ4v) is 2.47. The van der Waals surface area contributed by atoms with Crippen LogP contribution in [0, 0.1) is 0 Å². The molecule has 3 heteroatoms. The van der Waals surface area contributed by atoms with Gasteiger partial charge in [-0.2, -0.15) is 0 Å². The van der Waals surface area contributed by atoms with Crippen molar-refractivity contribution in [2.24, 2.45) is 5.73 Å². The highest BCUT2D eigenvalue weighted by Crippen LogP contribution is 2.24. The Bertz CT molecular complexity index is 375. The normalized spacial score (nSPS) is 26.1. The van der Waals surface area contributed by atoms with Crippen LogP contribution in [0.4, 0.5) is 5.69 Å². The number of nitrogens with zero attached hydrogens (tertiary/aromatic N) is 1. The third-order valence-corrected chi connectivity index (χ3v) is 3.69. The van der Waals surface area contributed by atoms with Gasteiger partial charge in [0, 0.05) is 18.3 Å². The Morgan fingerprint density at radius 1 is 1.39 bits per heavy atom. The highest BCUT2D eigenvalue weighted by Gasteiger charge is 2.25. The first kappa shape index (κ1) is 13.4. The van der Waals surface area contributed by atoms with Gasteiger partial charge in [0.05, 0.1) is 18.8 Å². The van der Waals surface area contributed by atoms with E-state index in [9.17, 15) is 0 Å². The van der Waals surface area contributed by atoms with Crippen LogP contribution in [-0.4, -0.2) is 25.3 Å². The van der Waals surface area contributed by atoms with Crippen LogP contribution in [0.15, 0.2) is 24.3 Å². The van der Waals surface area contributed by atoms with Gasteiger partial charge in [0.1, 0.15) is 0 Å². The van der Waals surface area contributed by atoms with Crippen LogP contribution < -0.4 is 10.6 Å². The smallest absolute Gasteiger partial charge is 0.0723 e. The van der Waals surface area contributed by atoms with E-state index in [-0.39, 0.29) is 6.04 Å². The molecule has 3 nitrogen and oxygen atoms in total.